The van der Waals surface area contributed by atoms with E-state index in [0.29, 0.717) is 11.5 Å². The second kappa shape index (κ2) is 5.44. The lowest BCUT2D eigenvalue weighted by atomic mass is 9.86. The van der Waals surface area contributed by atoms with Gasteiger partial charge in [0.1, 0.15) is 5.82 Å². The van der Waals surface area contributed by atoms with Gasteiger partial charge in [-0.25, -0.2) is 4.98 Å². The minimum absolute atomic E-state index is 0.0374. The van der Waals surface area contributed by atoms with E-state index in [1.165, 1.54) is 12.3 Å². The summed E-state index contributed by atoms with van der Waals surface area (Å²) in [6.07, 6.45) is 1.49. The summed E-state index contributed by atoms with van der Waals surface area (Å²) in [5.74, 6) is -0.154. The van der Waals surface area contributed by atoms with E-state index in [9.17, 15) is 4.79 Å². The van der Waals surface area contributed by atoms with E-state index in [1.54, 1.807) is 0 Å². The Morgan fingerprint density at radius 1 is 1.24 bits per heavy atom. The summed E-state index contributed by atoms with van der Waals surface area (Å²) >= 11 is 0. The number of hydrogen-bond donors (Lipinski definition) is 3. The second-order valence-electron chi connectivity index (χ2n) is 5.95. The lowest BCUT2D eigenvalue weighted by molar-refractivity contribution is 0.100. The Morgan fingerprint density at radius 2 is 1.90 bits per heavy atom. The molecule has 0 atom stereocenters. The minimum atomic E-state index is -0.564. The highest BCUT2D eigenvalue weighted by Crippen LogP contribution is 2.31. The summed E-state index contributed by atoms with van der Waals surface area (Å²) < 4.78 is 0. The number of hydrogen-bond acceptors (Lipinski definition) is 4. The molecular formula is C16H20N4O. The third-order valence-electron chi connectivity index (χ3n) is 3.16. The molecule has 21 heavy (non-hydrogen) atoms. The molecule has 1 heterocycles. The predicted molar refractivity (Wildman–Crippen MR) is 85.6 cm³/mol. The van der Waals surface area contributed by atoms with Crippen molar-refractivity contribution >= 4 is 23.1 Å². The quantitative estimate of drug-likeness (QED) is 0.807. The number of nitrogens with one attached hydrogen (secondary N) is 1. The summed E-state index contributed by atoms with van der Waals surface area (Å²) in [4.78, 5) is 15.7. The molecule has 0 aliphatic rings. The van der Waals surface area contributed by atoms with Crippen molar-refractivity contribution in [2.75, 3.05) is 11.1 Å². The van der Waals surface area contributed by atoms with Crippen LogP contribution in [0.1, 0.15) is 36.7 Å². The van der Waals surface area contributed by atoms with Crippen molar-refractivity contribution in [3.63, 3.8) is 0 Å². The number of aromatic nitrogens is 1. The first-order valence-electron chi connectivity index (χ1n) is 6.71. The molecule has 0 bridgehead atoms. The number of anilines is 3. The highest BCUT2D eigenvalue weighted by Gasteiger charge is 2.19. The highest BCUT2D eigenvalue weighted by atomic mass is 16.1. The van der Waals surface area contributed by atoms with Crippen LogP contribution in [0.25, 0.3) is 0 Å². The predicted octanol–water partition coefficient (Wildman–Crippen LogP) is 2.80. The Balaban J connectivity index is 2.47. The van der Waals surface area contributed by atoms with E-state index in [0.717, 1.165) is 11.3 Å². The number of carbonyl (C=O) groups excluding carboxylic acids is 1. The Hall–Kier alpha value is -2.56. The highest BCUT2D eigenvalue weighted by molar-refractivity contribution is 5.99. The van der Waals surface area contributed by atoms with Gasteiger partial charge < -0.3 is 16.8 Å². The maximum Gasteiger partial charge on any atom is 0.252 e. The SMILES string of the molecule is CC(C)(C)c1ccccc1Nc1ncc(N)cc1C(N)=O. The molecule has 1 amide bonds. The van der Waals surface area contributed by atoms with E-state index in [2.05, 4.69) is 31.1 Å². The van der Waals surface area contributed by atoms with Gasteiger partial charge in [-0.2, -0.15) is 0 Å². The lowest BCUT2D eigenvalue weighted by Crippen LogP contribution is -2.17. The number of pyridine rings is 1. The molecule has 0 radical (unpaired) electrons. The zero-order valence-electron chi connectivity index (χ0n) is 12.5. The molecule has 0 spiro atoms. The monoisotopic (exact) mass is 284 g/mol. The maximum absolute atomic E-state index is 11.5. The zero-order valence-corrected chi connectivity index (χ0v) is 12.5. The first-order valence-corrected chi connectivity index (χ1v) is 6.71. The first-order chi connectivity index (χ1) is 9.79. The maximum atomic E-state index is 11.5. The average molecular weight is 284 g/mol. The molecule has 0 fully saturated rings. The number of nitrogen functional groups attached to an aromatic ring is 1. The van der Waals surface area contributed by atoms with Gasteiger partial charge in [0.2, 0.25) is 0 Å². The van der Waals surface area contributed by atoms with Gasteiger partial charge in [-0.3, -0.25) is 4.79 Å². The Morgan fingerprint density at radius 3 is 2.52 bits per heavy atom. The van der Waals surface area contributed by atoms with Gasteiger partial charge in [0.15, 0.2) is 0 Å². The molecule has 110 valence electrons. The van der Waals surface area contributed by atoms with Crippen LogP contribution in [0, 0.1) is 0 Å². The van der Waals surface area contributed by atoms with Crippen LogP contribution in [0.5, 0.6) is 0 Å². The number of amides is 1. The molecule has 0 aliphatic carbocycles. The summed E-state index contributed by atoms with van der Waals surface area (Å²) in [5, 5.41) is 3.19. The fourth-order valence-electron chi connectivity index (χ4n) is 2.14. The van der Waals surface area contributed by atoms with Crippen molar-refractivity contribution in [2.24, 2.45) is 5.73 Å². The lowest BCUT2D eigenvalue weighted by Gasteiger charge is -2.23. The van der Waals surface area contributed by atoms with Gasteiger partial charge in [0.05, 0.1) is 17.4 Å². The van der Waals surface area contributed by atoms with Crippen molar-refractivity contribution in [1.29, 1.82) is 0 Å². The second-order valence-corrected chi connectivity index (χ2v) is 5.95. The fraction of sp³-hybridized carbons (Fsp3) is 0.250. The van der Waals surface area contributed by atoms with Crippen molar-refractivity contribution in [1.82, 2.24) is 4.98 Å². The molecular weight excluding hydrogens is 264 g/mol. The van der Waals surface area contributed by atoms with Crippen LogP contribution in [-0.4, -0.2) is 10.9 Å². The topological polar surface area (TPSA) is 94.0 Å². The van der Waals surface area contributed by atoms with Gasteiger partial charge >= 0.3 is 0 Å². The average Bonchev–Trinajstić information content (AvgIpc) is 2.40. The Bertz CT molecular complexity index is 674. The van der Waals surface area contributed by atoms with E-state index in [-0.39, 0.29) is 11.0 Å². The van der Waals surface area contributed by atoms with Crippen LogP contribution in [0.4, 0.5) is 17.2 Å². The summed E-state index contributed by atoms with van der Waals surface area (Å²) in [6.45, 7) is 6.37. The van der Waals surface area contributed by atoms with E-state index in [4.69, 9.17) is 11.5 Å². The zero-order chi connectivity index (χ0) is 15.6. The van der Waals surface area contributed by atoms with Crippen molar-refractivity contribution in [2.45, 2.75) is 26.2 Å². The van der Waals surface area contributed by atoms with Crippen molar-refractivity contribution in [3.05, 3.63) is 47.7 Å². The number of para-hydroxylation sites is 1. The number of benzene rings is 1. The third kappa shape index (κ3) is 3.31. The largest absolute Gasteiger partial charge is 0.397 e. The van der Waals surface area contributed by atoms with E-state index >= 15 is 0 Å². The number of carbonyl (C=O) groups is 1. The molecule has 0 unspecified atom stereocenters. The Kier molecular flexibility index (Phi) is 3.84. The van der Waals surface area contributed by atoms with E-state index in [1.807, 2.05) is 24.3 Å². The van der Waals surface area contributed by atoms with Gasteiger partial charge in [-0.15, -0.1) is 0 Å². The number of nitrogens with two attached hydrogens (primary N) is 2. The molecule has 0 aliphatic heterocycles. The van der Waals surface area contributed by atoms with Gasteiger partial charge in [0, 0.05) is 5.69 Å². The number of nitrogens with zero attached hydrogens (tertiary/aromatic N) is 1. The standard InChI is InChI=1S/C16H20N4O/c1-16(2,3)12-6-4-5-7-13(12)20-15-11(14(18)21)8-10(17)9-19-15/h4-9H,17H2,1-3H3,(H2,18,21)(H,19,20). The van der Waals surface area contributed by atoms with Crippen molar-refractivity contribution in [3.8, 4) is 0 Å². The molecule has 1 aromatic carbocycles. The van der Waals surface area contributed by atoms with Crippen LogP contribution in [0.15, 0.2) is 36.5 Å². The number of rotatable bonds is 3. The summed E-state index contributed by atoms with van der Waals surface area (Å²) in [5.41, 5.74) is 13.7. The van der Waals surface area contributed by atoms with E-state index < -0.39 is 5.91 Å². The normalized spacial score (nSPS) is 11.2. The smallest absolute Gasteiger partial charge is 0.252 e. The van der Waals surface area contributed by atoms with Gasteiger partial charge in [-0.1, -0.05) is 39.0 Å². The Labute approximate surface area is 124 Å². The molecule has 1 aromatic heterocycles. The van der Waals surface area contributed by atoms with Crippen LogP contribution in [0.3, 0.4) is 0 Å². The summed E-state index contributed by atoms with van der Waals surface area (Å²) in [6, 6.07) is 9.43. The molecule has 0 saturated heterocycles. The van der Waals surface area contributed by atoms with Crippen LogP contribution >= 0.6 is 0 Å². The molecule has 2 aromatic rings. The van der Waals surface area contributed by atoms with Gasteiger partial charge in [0.25, 0.3) is 5.91 Å². The first kappa shape index (κ1) is 14.8. The molecule has 5 nitrogen and oxygen atoms in total. The van der Waals surface area contributed by atoms with Crippen LogP contribution < -0.4 is 16.8 Å². The fourth-order valence-corrected chi connectivity index (χ4v) is 2.14. The number of primary amides is 1. The third-order valence-corrected chi connectivity index (χ3v) is 3.16. The minimum Gasteiger partial charge on any atom is -0.397 e. The summed E-state index contributed by atoms with van der Waals surface area (Å²) in [7, 11) is 0. The van der Waals surface area contributed by atoms with Crippen LogP contribution in [0.2, 0.25) is 0 Å². The van der Waals surface area contributed by atoms with Gasteiger partial charge in [-0.05, 0) is 23.1 Å². The molecule has 5 N–H and O–H groups in total. The molecule has 5 heteroatoms. The van der Waals surface area contributed by atoms with Crippen molar-refractivity contribution < 1.29 is 4.79 Å². The molecule has 2 rings (SSSR count). The van der Waals surface area contributed by atoms with Crippen LogP contribution in [-0.2, 0) is 5.41 Å². The molecule has 0 saturated carbocycles.